The lowest BCUT2D eigenvalue weighted by Crippen LogP contribution is -2.19. The molecule has 0 aliphatic heterocycles. The number of aryl methyl sites for hydroxylation is 1. The van der Waals surface area contributed by atoms with Gasteiger partial charge in [-0.15, -0.1) is 0 Å². The Bertz CT molecular complexity index is 782. The molecule has 0 heterocycles. The molecule has 3 aromatic rings. The van der Waals surface area contributed by atoms with Crippen LogP contribution >= 0.6 is 11.8 Å². The Morgan fingerprint density at radius 2 is 1.12 bits per heavy atom. The summed E-state index contributed by atoms with van der Waals surface area (Å²) in [6, 6.07) is 28.9. The van der Waals surface area contributed by atoms with Crippen molar-refractivity contribution in [3.05, 3.63) is 95.6 Å². The molecule has 1 fully saturated rings. The minimum Gasteiger partial charge on any atom is -0.0901 e. The van der Waals surface area contributed by atoms with E-state index in [1.54, 1.807) is 0 Å². The van der Waals surface area contributed by atoms with Gasteiger partial charge in [0, 0.05) is 9.79 Å². The Kier molecular flexibility index (Phi) is 4.44. The summed E-state index contributed by atoms with van der Waals surface area (Å²) < 4.78 is 0. The highest BCUT2D eigenvalue weighted by Crippen LogP contribution is 2.47. The number of hydrogen-bond acceptors (Lipinski definition) is 1. The summed E-state index contributed by atoms with van der Waals surface area (Å²) in [7, 11) is 0. The highest BCUT2D eigenvalue weighted by molar-refractivity contribution is 7.99. The van der Waals surface area contributed by atoms with E-state index in [-0.39, 0.29) is 0 Å². The predicted molar refractivity (Wildman–Crippen MR) is 103 cm³/mol. The van der Waals surface area contributed by atoms with E-state index in [9.17, 15) is 0 Å². The maximum atomic E-state index is 2.32. The lowest BCUT2D eigenvalue weighted by atomic mass is 9.68. The molecule has 0 aromatic heterocycles. The average molecular weight is 330 g/mol. The van der Waals surface area contributed by atoms with E-state index in [1.165, 1.54) is 39.3 Å². The normalized spacial score (nSPS) is 19.7. The van der Waals surface area contributed by atoms with Crippen molar-refractivity contribution in [1.29, 1.82) is 0 Å². The molecule has 24 heavy (non-hydrogen) atoms. The first-order chi connectivity index (χ1) is 11.8. The Hall–Kier alpha value is -1.99. The van der Waals surface area contributed by atoms with Crippen molar-refractivity contribution in [3.8, 4) is 0 Å². The molecule has 1 aliphatic rings. The fraction of sp³-hybridized carbons (Fsp3) is 0.217. The van der Waals surface area contributed by atoms with Crippen LogP contribution in [0.25, 0.3) is 0 Å². The van der Waals surface area contributed by atoms with E-state index in [4.69, 9.17) is 0 Å². The number of benzene rings is 3. The summed E-state index contributed by atoms with van der Waals surface area (Å²) in [5, 5.41) is 0. The Labute approximate surface area is 148 Å². The van der Waals surface area contributed by atoms with Crippen molar-refractivity contribution >= 4 is 11.8 Å². The van der Waals surface area contributed by atoms with Gasteiger partial charge >= 0.3 is 0 Å². The Morgan fingerprint density at radius 3 is 1.71 bits per heavy atom. The second-order valence-corrected chi connectivity index (χ2v) is 7.91. The third-order valence-corrected chi connectivity index (χ3v) is 6.03. The van der Waals surface area contributed by atoms with Crippen LogP contribution in [0.1, 0.15) is 41.4 Å². The first-order valence-electron chi connectivity index (χ1n) is 8.67. The molecule has 4 rings (SSSR count). The molecule has 0 nitrogen and oxygen atoms in total. The zero-order chi connectivity index (χ0) is 16.4. The number of hydrogen-bond donors (Lipinski definition) is 0. The second kappa shape index (κ2) is 6.86. The minimum absolute atomic E-state index is 0.730. The summed E-state index contributed by atoms with van der Waals surface area (Å²) in [6.45, 7) is 2.13. The van der Waals surface area contributed by atoms with Gasteiger partial charge in [0.2, 0.25) is 0 Å². The molecule has 3 aromatic carbocycles. The standard InChI is InChI=1S/C23H22S/c1-17-7-11-22(12-8-17)24-23-13-9-19(10-14-23)21-15-20(16-21)18-5-3-2-4-6-18/h2-14,20-21H,15-16H2,1H3. The van der Waals surface area contributed by atoms with Crippen LogP contribution in [0.15, 0.2) is 88.7 Å². The van der Waals surface area contributed by atoms with Gasteiger partial charge in [-0.1, -0.05) is 71.9 Å². The van der Waals surface area contributed by atoms with Crippen LogP contribution in [-0.4, -0.2) is 0 Å². The SMILES string of the molecule is Cc1ccc(Sc2ccc(C3CC(c4ccccc4)C3)cc2)cc1. The molecule has 1 saturated carbocycles. The minimum atomic E-state index is 0.730. The predicted octanol–water partition coefficient (Wildman–Crippen LogP) is 6.81. The zero-order valence-electron chi connectivity index (χ0n) is 14.0. The summed E-state index contributed by atoms with van der Waals surface area (Å²) in [5.74, 6) is 1.48. The van der Waals surface area contributed by atoms with Crippen LogP contribution in [0, 0.1) is 6.92 Å². The van der Waals surface area contributed by atoms with Gasteiger partial charge < -0.3 is 0 Å². The average Bonchev–Trinajstić information content (AvgIpc) is 2.58. The monoisotopic (exact) mass is 330 g/mol. The molecule has 0 unspecified atom stereocenters. The van der Waals surface area contributed by atoms with Crippen molar-refractivity contribution in [1.82, 2.24) is 0 Å². The summed E-state index contributed by atoms with van der Waals surface area (Å²) in [4.78, 5) is 2.63. The molecule has 1 heteroatoms. The zero-order valence-corrected chi connectivity index (χ0v) is 14.8. The Balaban J connectivity index is 1.37. The largest absolute Gasteiger partial charge is 0.0901 e. The van der Waals surface area contributed by atoms with Gasteiger partial charge in [-0.05, 0) is 67.0 Å². The number of rotatable bonds is 4. The summed E-state index contributed by atoms with van der Waals surface area (Å²) in [6.07, 6.45) is 2.57. The first kappa shape index (κ1) is 15.5. The fourth-order valence-electron chi connectivity index (χ4n) is 3.44. The summed E-state index contributed by atoms with van der Waals surface area (Å²) in [5.41, 5.74) is 4.31. The Morgan fingerprint density at radius 1 is 0.625 bits per heavy atom. The third-order valence-electron chi connectivity index (χ3n) is 5.02. The van der Waals surface area contributed by atoms with Gasteiger partial charge in [0.25, 0.3) is 0 Å². The molecular weight excluding hydrogens is 308 g/mol. The molecule has 0 bridgehead atoms. The lowest BCUT2D eigenvalue weighted by Gasteiger charge is -2.36. The van der Waals surface area contributed by atoms with Gasteiger partial charge in [0.15, 0.2) is 0 Å². The van der Waals surface area contributed by atoms with E-state index in [2.05, 4.69) is 85.8 Å². The topological polar surface area (TPSA) is 0 Å². The van der Waals surface area contributed by atoms with Crippen LogP contribution in [0.3, 0.4) is 0 Å². The quantitative estimate of drug-likeness (QED) is 0.506. The molecule has 0 atom stereocenters. The first-order valence-corrected chi connectivity index (χ1v) is 9.49. The third kappa shape index (κ3) is 3.42. The highest BCUT2D eigenvalue weighted by atomic mass is 32.2. The molecular formula is C23H22S. The fourth-order valence-corrected chi connectivity index (χ4v) is 4.25. The molecule has 0 N–H and O–H groups in total. The smallest absolute Gasteiger partial charge is 0.0122 e. The molecule has 1 aliphatic carbocycles. The highest BCUT2D eigenvalue weighted by Gasteiger charge is 2.31. The van der Waals surface area contributed by atoms with Crippen LogP contribution in [-0.2, 0) is 0 Å². The molecule has 0 amide bonds. The van der Waals surface area contributed by atoms with Crippen molar-refractivity contribution in [3.63, 3.8) is 0 Å². The van der Waals surface area contributed by atoms with Gasteiger partial charge in [-0.3, -0.25) is 0 Å². The van der Waals surface area contributed by atoms with Gasteiger partial charge in [0.05, 0.1) is 0 Å². The van der Waals surface area contributed by atoms with Crippen molar-refractivity contribution < 1.29 is 0 Å². The second-order valence-electron chi connectivity index (χ2n) is 6.76. The molecule has 120 valence electrons. The van der Waals surface area contributed by atoms with Crippen LogP contribution in [0.4, 0.5) is 0 Å². The van der Waals surface area contributed by atoms with E-state index in [0.717, 1.165) is 11.8 Å². The molecule has 0 radical (unpaired) electrons. The molecule has 0 spiro atoms. The summed E-state index contributed by atoms with van der Waals surface area (Å²) >= 11 is 1.84. The van der Waals surface area contributed by atoms with Gasteiger partial charge in [-0.25, -0.2) is 0 Å². The van der Waals surface area contributed by atoms with Gasteiger partial charge in [0.1, 0.15) is 0 Å². The van der Waals surface area contributed by atoms with Crippen LogP contribution in [0.2, 0.25) is 0 Å². The van der Waals surface area contributed by atoms with E-state index >= 15 is 0 Å². The van der Waals surface area contributed by atoms with E-state index < -0.39 is 0 Å². The lowest BCUT2D eigenvalue weighted by molar-refractivity contribution is 0.351. The van der Waals surface area contributed by atoms with Gasteiger partial charge in [-0.2, -0.15) is 0 Å². The maximum absolute atomic E-state index is 2.32. The van der Waals surface area contributed by atoms with E-state index in [1.807, 2.05) is 11.8 Å². The van der Waals surface area contributed by atoms with Crippen molar-refractivity contribution in [2.75, 3.05) is 0 Å². The van der Waals surface area contributed by atoms with Crippen LogP contribution < -0.4 is 0 Å². The molecule has 0 saturated heterocycles. The van der Waals surface area contributed by atoms with Crippen molar-refractivity contribution in [2.45, 2.75) is 41.4 Å². The van der Waals surface area contributed by atoms with Crippen LogP contribution in [0.5, 0.6) is 0 Å². The van der Waals surface area contributed by atoms with E-state index in [0.29, 0.717) is 0 Å². The van der Waals surface area contributed by atoms with Crippen molar-refractivity contribution in [2.24, 2.45) is 0 Å². The maximum Gasteiger partial charge on any atom is 0.0122 e.